The number of piperidine rings is 2. The molecule has 0 bridgehead atoms. The lowest BCUT2D eigenvalue weighted by atomic mass is 9.85. The standard InChI is InChI=1S/C24H30F6N4O4/c25-23(26,27)20(24(28,29)30)38-21(37)33-13-7-22(8-14-33)6-2-10-34(22)15-17-3-1-9-31-18(17)32-11-4-16(5-12-32)19(35)36/h1,3,9,16,20H,2,4-8,10-15H2,(H,35,36). The molecule has 1 spiro atoms. The van der Waals surface area contributed by atoms with Gasteiger partial charge in [-0.1, -0.05) is 6.07 Å². The minimum atomic E-state index is -5.75. The van der Waals surface area contributed by atoms with Crippen LogP contribution in [0, 0.1) is 5.92 Å². The second-order valence-corrected chi connectivity index (χ2v) is 10.2. The van der Waals surface area contributed by atoms with Gasteiger partial charge in [-0.25, -0.2) is 9.78 Å². The molecule has 0 aromatic carbocycles. The van der Waals surface area contributed by atoms with Gasteiger partial charge in [-0.3, -0.25) is 9.69 Å². The molecule has 4 heterocycles. The molecule has 1 amide bonds. The third-order valence-electron chi connectivity index (χ3n) is 7.88. The van der Waals surface area contributed by atoms with Gasteiger partial charge in [-0.05, 0) is 51.1 Å². The van der Waals surface area contributed by atoms with Gasteiger partial charge in [-0.15, -0.1) is 0 Å². The second kappa shape index (κ2) is 10.8. The van der Waals surface area contributed by atoms with Crippen molar-refractivity contribution in [3.63, 3.8) is 0 Å². The van der Waals surface area contributed by atoms with Crippen molar-refractivity contribution in [3.8, 4) is 0 Å². The number of likely N-dealkylation sites (tertiary alicyclic amines) is 2. The molecule has 3 aliphatic rings. The van der Waals surface area contributed by atoms with Gasteiger partial charge in [0.25, 0.3) is 6.10 Å². The quantitative estimate of drug-likeness (QED) is 0.541. The van der Waals surface area contributed by atoms with Crippen LogP contribution in [-0.4, -0.2) is 88.7 Å². The molecule has 0 saturated carbocycles. The molecule has 1 aromatic rings. The van der Waals surface area contributed by atoms with Gasteiger partial charge in [0.1, 0.15) is 5.82 Å². The molecular weight excluding hydrogens is 522 g/mol. The number of hydrogen-bond acceptors (Lipinski definition) is 6. The van der Waals surface area contributed by atoms with Crippen LogP contribution in [0.15, 0.2) is 18.3 Å². The van der Waals surface area contributed by atoms with E-state index in [9.17, 15) is 41.0 Å². The molecule has 14 heteroatoms. The summed E-state index contributed by atoms with van der Waals surface area (Å²) in [5, 5.41) is 9.27. The molecule has 38 heavy (non-hydrogen) atoms. The topological polar surface area (TPSA) is 86.2 Å². The summed E-state index contributed by atoms with van der Waals surface area (Å²) >= 11 is 0. The first-order chi connectivity index (χ1) is 17.8. The van der Waals surface area contributed by atoms with E-state index in [1.165, 1.54) is 0 Å². The SMILES string of the molecule is O=C(O)C1CCN(c2ncccc2CN2CCCC23CCN(C(=O)OC(C(F)(F)F)C(F)(F)F)CC3)CC1. The zero-order chi connectivity index (χ0) is 27.7. The zero-order valence-electron chi connectivity index (χ0n) is 20.6. The van der Waals surface area contributed by atoms with Crippen LogP contribution in [0.3, 0.4) is 0 Å². The molecule has 3 fully saturated rings. The van der Waals surface area contributed by atoms with Crippen LogP contribution in [-0.2, 0) is 16.1 Å². The highest BCUT2D eigenvalue weighted by Gasteiger charge is 2.60. The fourth-order valence-corrected chi connectivity index (χ4v) is 5.79. The van der Waals surface area contributed by atoms with Crippen LogP contribution < -0.4 is 4.90 Å². The molecule has 0 unspecified atom stereocenters. The largest absolute Gasteiger partial charge is 0.481 e. The van der Waals surface area contributed by atoms with Crippen molar-refractivity contribution in [2.24, 2.45) is 5.92 Å². The van der Waals surface area contributed by atoms with E-state index in [4.69, 9.17) is 0 Å². The Labute approximate surface area is 215 Å². The summed E-state index contributed by atoms with van der Waals surface area (Å²) in [4.78, 5) is 33.3. The molecular formula is C24H30F6N4O4. The predicted octanol–water partition coefficient (Wildman–Crippen LogP) is 4.44. The number of carboxylic acid groups (broad SMARTS) is 1. The summed E-state index contributed by atoms with van der Waals surface area (Å²) in [6.07, 6.45) is -12.1. The van der Waals surface area contributed by atoms with Gasteiger partial charge in [-0.2, -0.15) is 26.3 Å². The number of aliphatic carboxylic acids is 1. The highest BCUT2D eigenvalue weighted by molar-refractivity contribution is 5.70. The van der Waals surface area contributed by atoms with Crippen molar-refractivity contribution >= 4 is 17.9 Å². The Hall–Kier alpha value is -2.77. The number of amides is 1. The second-order valence-electron chi connectivity index (χ2n) is 10.2. The monoisotopic (exact) mass is 552 g/mol. The lowest BCUT2D eigenvalue weighted by Crippen LogP contribution is -2.54. The number of anilines is 1. The Kier molecular flexibility index (Phi) is 8.01. The molecule has 3 saturated heterocycles. The third kappa shape index (κ3) is 6.10. The number of halogens is 6. The summed E-state index contributed by atoms with van der Waals surface area (Å²) in [5.74, 6) is -0.392. The summed E-state index contributed by atoms with van der Waals surface area (Å²) in [6.45, 7) is 2.40. The van der Waals surface area contributed by atoms with Crippen molar-refractivity contribution in [1.29, 1.82) is 0 Å². The number of hydrogen-bond donors (Lipinski definition) is 1. The average Bonchev–Trinajstić information content (AvgIpc) is 3.23. The van der Waals surface area contributed by atoms with Crippen molar-refractivity contribution < 1.29 is 45.8 Å². The lowest BCUT2D eigenvalue weighted by Gasteiger charge is -2.45. The van der Waals surface area contributed by atoms with E-state index >= 15 is 0 Å². The van der Waals surface area contributed by atoms with E-state index in [0.29, 0.717) is 45.3 Å². The van der Waals surface area contributed by atoms with Gasteiger partial charge < -0.3 is 19.6 Å². The smallest absolute Gasteiger partial charge is 0.434 e. The number of carbonyl (C=O) groups is 2. The highest BCUT2D eigenvalue weighted by atomic mass is 19.4. The lowest BCUT2D eigenvalue weighted by molar-refractivity contribution is -0.308. The highest BCUT2D eigenvalue weighted by Crippen LogP contribution is 2.41. The van der Waals surface area contributed by atoms with Crippen molar-refractivity contribution in [3.05, 3.63) is 23.9 Å². The molecule has 1 aromatic heterocycles. The molecule has 0 radical (unpaired) electrons. The van der Waals surface area contributed by atoms with Crippen LogP contribution >= 0.6 is 0 Å². The Bertz CT molecular complexity index is 990. The predicted molar refractivity (Wildman–Crippen MR) is 122 cm³/mol. The number of carboxylic acids is 1. The van der Waals surface area contributed by atoms with Crippen molar-refractivity contribution in [2.75, 3.05) is 37.6 Å². The van der Waals surface area contributed by atoms with Crippen molar-refractivity contribution in [1.82, 2.24) is 14.8 Å². The third-order valence-corrected chi connectivity index (χ3v) is 7.88. The number of carbonyl (C=O) groups excluding carboxylic acids is 1. The summed E-state index contributed by atoms with van der Waals surface area (Å²) in [6, 6.07) is 3.78. The van der Waals surface area contributed by atoms with E-state index < -0.39 is 30.5 Å². The van der Waals surface area contributed by atoms with Gasteiger partial charge >= 0.3 is 24.4 Å². The molecule has 1 N–H and O–H groups in total. The summed E-state index contributed by atoms with van der Waals surface area (Å²) in [5.41, 5.74) is 0.621. The van der Waals surface area contributed by atoms with E-state index in [2.05, 4.69) is 19.5 Å². The fourth-order valence-electron chi connectivity index (χ4n) is 5.79. The first-order valence-electron chi connectivity index (χ1n) is 12.6. The van der Waals surface area contributed by atoms with E-state index in [-0.39, 0.29) is 24.5 Å². The van der Waals surface area contributed by atoms with Gasteiger partial charge in [0, 0.05) is 50.0 Å². The zero-order valence-corrected chi connectivity index (χ0v) is 20.6. The van der Waals surface area contributed by atoms with Crippen LogP contribution in [0.2, 0.25) is 0 Å². The Morgan fingerprint density at radius 2 is 1.66 bits per heavy atom. The maximum Gasteiger partial charge on any atom is 0.434 e. The number of ether oxygens (including phenoxy) is 1. The molecule has 212 valence electrons. The van der Waals surface area contributed by atoms with Crippen LogP contribution in [0.1, 0.15) is 44.1 Å². The molecule has 3 aliphatic heterocycles. The minimum absolute atomic E-state index is 0.0135. The number of rotatable bonds is 5. The van der Waals surface area contributed by atoms with E-state index in [1.54, 1.807) is 6.20 Å². The van der Waals surface area contributed by atoms with Crippen molar-refractivity contribution in [2.45, 2.75) is 69.1 Å². The minimum Gasteiger partial charge on any atom is -0.481 e. The maximum atomic E-state index is 12.8. The average molecular weight is 553 g/mol. The van der Waals surface area contributed by atoms with Crippen LogP contribution in [0.5, 0.6) is 0 Å². The van der Waals surface area contributed by atoms with Gasteiger partial charge in [0.2, 0.25) is 0 Å². The number of pyridine rings is 1. The normalized spacial score (nSPS) is 21.3. The van der Waals surface area contributed by atoms with Crippen LogP contribution in [0.4, 0.5) is 37.0 Å². The van der Waals surface area contributed by atoms with Crippen LogP contribution in [0.25, 0.3) is 0 Å². The number of aromatic nitrogens is 1. The number of nitrogens with zero attached hydrogens (tertiary/aromatic N) is 4. The summed E-state index contributed by atoms with van der Waals surface area (Å²) in [7, 11) is 0. The van der Waals surface area contributed by atoms with E-state index in [1.807, 2.05) is 12.1 Å². The molecule has 8 nitrogen and oxygen atoms in total. The Morgan fingerprint density at radius 1 is 1.03 bits per heavy atom. The van der Waals surface area contributed by atoms with Gasteiger partial charge in [0.15, 0.2) is 0 Å². The first-order valence-corrected chi connectivity index (χ1v) is 12.6. The molecule has 4 rings (SSSR count). The molecule has 0 atom stereocenters. The fraction of sp³-hybridized carbons (Fsp3) is 0.708. The van der Waals surface area contributed by atoms with Gasteiger partial charge in [0.05, 0.1) is 5.92 Å². The Balaban J connectivity index is 1.39. The first kappa shape index (κ1) is 28.2. The van der Waals surface area contributed by atoms with E-state index in [0.717, 1.165) is 35.7 Å². The summed E-state index contributed by atoms with van der Waals surface area (Å²) < 4.78 is 80.7. The Morgan fingerprint density at radius 3 is 2.24 bits per heavy atom. The molecule has 0 aliphatic carbocycles. The maximum absolute atomic E-state index is 12.8. The number of alkyl halides is 6.